The number of benzene rings is 1. The second-order valence-electron chi connectivity index (χ2n) is 5.72. The van der Waals surface area contributed by atoms with Crippen LogP contribution in [0.3, 0.4) is 0 Å². The molecule has 0 amide bonds. The molecule has 1 aromatic heterocycles. The molecule has 0 aliphatic heterocycles. The molecule has 1 aromatic carbocycles. The van der Waals surface area contributed by atoms with Crippen LogP contribution in [0, 0.1) is 13.8 Å². The van der Waals surface area contributed by atoms with Gasteiger partial charge >= 0.3 is 0 Å². The largest absolute Gasteiger partial charge is 0.252 e. The maximum Gasteiger partial charge on any atom is 0.0749 e. The molecule has 0 aliphatic carbocycles. The number of aryl methyl sites for hydroxylation is 2. The lowest BCUT2D eigenvalue weighted by Crippen LogP contribution is -2.13. The van der Waals surface area contributed by atoms with Crippen molar-refractivity contribution in [1.82, 2.24) is 4.98 Å². The van der Waals surface area contributed by atoms with E-state index in [1.807, 2.05) is 6.07 Å². The summed E-state index contributed by atoms with van der Waals surface area (Å²) in [6.07, 6.45) is 0. The zero-order valence-electron chi connectivity index (χ0n) is 11.1. The number of pyridine rings is 1. The SMILES string of the molecule is Cc1cc(C)c2nc(C(C)(C)C)cc(Cl)c2c1. The molecule has 0 N–H and O–H groups in total. The van der Waals surface area contributed by atoms with Crippen LogP contribution < -0.4 is 0 Å². The monoisotopic (exact) mass is 247 g/mol. The molecule has 2 heteroatoms. The Labute approximate surface area is 108 Å². The normalized spacial score (nSPS) is 12.1. The lowest BCUT2D eigenvalue weighted by Gasteiger charge is -2.19. The van der Waals surface area contributed by atoms with Gasteiger partial charge in [-0.2, -0.15) is 0 Å². The topological polar surface area (TPSA) is 12.9 Å². The van der Waals surface area contributed by atoms with Gasteiger partial charge in [-0.3, -0.25) is 4.98 Å². The van der Waals surface area contributed by atoms with Gasteiger partial charge in [0.15, 0.2) is 0 Å². The Morgan fingerprint density at radius 1 is 1.06 bits per heavy atom. The minimum Gasteiger partial charge on any atom is -0.252 e. The molecule has 0 spiro atoms. The number of aromatic nitrogens is 1. The lowest BCUT2D eigenvalue weighted by molar-refractivity contribution is 0.571. The molecule has 90 valence electrons. The van der Waals surface area contributed by atoms with Crippen LogP contribution in [0.4, 0.5) is 0 Å². The molecule has 17 heavy (non-hydrogen) atoms. The zero-order chi connectivity index (χ0) is 12.8. The number of hydrogen-bond acceptors (Lipinski definition) is 1. The van der Waals surface area contributed by atoms with E-state index in [1.54, 1.807) is 0 Å². The van der Waals surface area contributed by atoms with Gasteiger partial charge in [-0.15, -0.1) is 0 Å². The fourth-order valence-electron chi connectivity index (χ4n) is 2.03. The average molecular weight is 248 g/mol. The maximum absolute atomic E-state index is 6.37. The van der Waals surface area contributed by atoms with Gasteiger partial charge in [0.2, 0.25) is 0 Å². The Morgan fingerprint density at radius 3 is 2.29 bits per heavy atom. The highest BCUT2D eigenvalue weighted by atomic mass is 35.5. The third-order valence-corrected chi connectivity index (χ3v) is 3.28. The van der Waals surface area contributed by atoms with Crippen molar-refractivity contribution in [2.24, 2.45) is 0 Å². The highest BCUT2D eigenvalue weighted by molar-refractivity contribution is 6.35. The standard InChI is InChI=1S/C15H18ClN/c1-9-6-10(2)14-11(7-9)12(16)8-13(17-14)15(3,4)5/h6-8H,1-5H3. The summed E-state index contributed by atoms with van der Waals surface area (Å²) in [5.41, 5.74) is 4.50. The van der Waals surface area contributed by atoms with E-state index in [9.17, 15) is 0 Å². The average Bonchev–Trinajstić information content (AvgIpc) is 2.17. The van der Waals surface area contributed by atoms with Crippen LogP contribution in [-0.4, -0.2) is 4.98 Å². The van der Waals surface area contributed by atoms with Crippen molar-refractivity contribution in [3.8, 4) is 0 Å². The third-order valence-electron chi connectivity index (χ3n) is 2.97. The van der Waals surface area contributed by atoms with Gasteiger partial charge < -0.3 is 0 Å². The zero-order valence-corrected chi connectivity index (χ0v) is 11.8. The van der Waals surface area contributed by atoms with Gasteiger partial charge in [-0.1, -0.05) is 44.0 Å². The molecule has 1 heterocycles. The van der Waals surface area contributed by atoms with E-state index in [0.717, 1.165) is 21.6 Å². The van der Waals surface area contributed by atoms with Crippen molar-refractivity contribution in [1.29, 1.82) is 0 Å². The Hall–Kier alpha value is -1.08. The Bertz CT molecular complexity index is 579. The molecule has 0 radical (unpaired) electrons. The number of nitrogens with zero attached hydrogens (tertiary/aromatic N) is 1. The van der Waals surface area contributed by atoms with Gasteiger partial charge in [-0.25, -0.2) is 0 Å². The molecule has 2 rings (SSSR count). The van der Waals surface area contributed by atoms with Crippen molar-refractivity contribution in [3.63, 3.8) is 0 Å². The van der Waals surface area contributed by atoms with Crippen LogP contribution in [0.1, 0.15) is 37.6 Å². The molecule has 0 saturated carbocycles. The van der Waals surface area contributed by atoms with Crippen LogP contribution in [0.5, 0.6) is 0 Å². The minimum absolute atomic E-state index is 0.0230. The predicted molar refractivity (Wildman–Crippen MR) is 74.9 cm³/mol. The van der Waals surface area contributed by atoms with Gasteiger partial charge in [-0.05, 0) is 31.5 Å². The van der Waals surface area contributed by atoms with E-state index >= 15 is 0 Å². The second-order valence-corrected chi connectivity index (χ2v) is 6.12. The van der Waals surface area contributed by atoms with Gasteiger partial charge in [0, 0.05) is 16.5 Å². The van der Waals surface area contributed by atoms with Crippen molar-refractivity contribution in [2.75, 3.05) is 0 Å². The molecule has 2 aromatic rings. The summed E-state index contributed by atoms with van der Waals surface area (Å²) in [4.78, 5) is 4.76. The fourth-order valence-corrected chi connectivity index (χ4v) is 2.27. The predicted octanol–water partition coefficient (Wildman–Crippen LogP) is 4.80. The first kappa shape index (κ1) is 12.4. The summed E-state index contributed by atoms with van der Waals surface area (Å²) in [6, 6.07) is 6.24. The van der Waals surface area contributed by atoms with E-state index in [-0.39, 0.29) is 5.41 Å². The molecule has 0 bridgehead atoms. The summed E-state index contributed by atoms with van der Waals surface area (Å²) >= 11 is 6.37. The van der Waals surface area contributed by atoms with E-state index in [1.165, 1.54) is 11.1 Å². The van der Waals surface area contributed by atoms with Gasteiger partial charge in [0.1, 0.15) is 0 Å². The third kappa shape index (κ3) is 2.30. The number of halogens is 1. The van der Waals surface area contributed by atoms with Crippen molar-refractivity contribution < 1.29 is 0 Å². The minimum atomic E-state index is 0.0230. The van der Waals surface area contributed by atoms with Crippen molar-refractivity contribution in [3.05, 3.63) is 40.0 Å². The van der Waals surface area contributed by atoms with Crippen molar-refractivity contribution >= 4 is 22.5 Å². The van der Waals surface area contributed by atoms with Crippen LogP contribution in [0.2, 0.25) is 5.02 Å². The van der Waals surface area contributed by atoms with E-state index in [2.05, 4.69) is 46.8 Å². The summed E-state index contributed by atoms with van der Waals surface area (Å²) in [7, 11) is 0. The molecule has 0 fully saturated rings. The second kappa shape index (κ2) is 3.99. The van der Waals surface area contributed by atoms with Gasteiger partial charge in [0.25, 0.3) is 0 Å². The smallest absolute Gasteiger partial charge is 0.0749 e. The molecule has 1 nitrogen and oxygen atoms in total. The molecule has 0 atom stereocenters. The molecular formula is C15H18ClN. The van der Waals surface area contributed by atoms with Crippen LogP contribution in [-0.2, 0) is 5.41 Å². The summed E-state index contributed by atoms with van der Waals surface area (Å²) in [5, 5.41) is 1.85. The molecular weight excluding hydrogens is 230 g/mol. The fraction of sp³-hybridized carbons (Fsp3) is 0.400. The lowest BCUT2D eigenvalue weighted by atomic mass is 9.91. The van der Waals surface area contributed by atoms with Crippen LogP contribution in [0.25, 0.3) is 10.9 Å². The molecule has 0 aliphatic rings. The van der Waals surface area contributed by atoms with E-state index in [4.69, 9.17) is 16.6 Å². The first-order chi connectivity index (χ1) is 7.79. The first-order valence-corrected chi connectivity index (χ1v) is 6.25. The number of hydrogen-bond donors (Lipinski definition) is 0. The summed E-state index contributed by atoms with van der Waals surface area (Å²) < 4.78 is 0. The Kier molecular flexibility index (Phi) is 2.90. The number of rotatable bonds is 0. The highest BCUT2D eigenvalue weighted by Gasteiger charge is 2.18. The van der Waals surface area contributed by atoms with Gasteiger partial charge in [0.05, 0.1) is 10.5 Å². The molecule has 0 unspecified atom stereocenters. The first-order valence-electron chi connectivity index (χ1n) is 5.87. The summed E-state index contributed by atoms with van der Waals surface area (Å²) in [5.74, 6) is 0. The quantitative estimate of drug-likeness (QED) is 0.652. The van der Waals surface area contributed by atoms with E-state index in [0.29, 0.717) is 0 Å². The Morgan fingerprint density at radius 2 is 1.71 bits per heavy atom. The van der Waals surface area contributed by atoms with Crippen LogP contribution in [0.15, 0.2) is 18.2 Å². The Balaban J connectivity index is 2.83. The van der Waals surface area contributed by atoms with E-state index < -0.39 is 0 Å². The van der Waals surface area contributed by atoms with Crippen molar-refractivity contribution in [2.45, 2.75) is 40.0 Å². The maximum atomic E-state index is 6.37. The highest BCUT2D eigenvalue weighted by Crippen LogP contribution is 2.31. The summed E-state index contributed by atoms with van der Waals surface area (Å²) in [6.45, 7) is 10.6. The van der Waals surface area contributed by atoms with Crippen LogP contribution >= 0.6 is 11.6 Å². The number of fused-ring (bicyclic) bond motifs is 1. The molecule has 0 saturated heterocycles.